The molecule has 0 fully saturated rings. The van der Waals surface area contributed by atoms with Gasteiger partial charge in [0.25, 0.3) is 0 Å². The Bertz CT molecular complexity index is 1260. The fourth-order valence-corrected chi connectivity index (χ4v) is 3.82. The molecular formula is C27H27N3O2. The van der Waals surface area contributed by atoms with Crippen LogP contribution in [-0.4, -0.2) is 27.6 Å². The van der Waals surface area contributed by atoms with Crippen LogP contribution in [0.25, 0.3) is 22.8 Å². The number of fused-ring (bicyclic) bond motifs is 1. The molecule has 0 aliphatic carbocycles. The molecule has 4 rings (SSSR count). The normalized spacial score (nSPS) is 11.7. The average Bonchev–Trinajstić information content (AvgIpc) is 3.17. The first-order valence-electron chi connectivity index (χ1n) is 10.9. The zero-order valence-electron chi connectivity index (χ0n) is 18.7. The number of carbonyl (C=O) groups excluding carboxylic acids is 1. The highest BCUT2D eigenvalue weighted by molar-refractivity contribution is 6.21. The summed E-state index contributed by atoms with van der Waals surface area (Å²) in [6.07, 6.45) is 5.65. The number of benzene rings is 2. The van der Waals surface area contributed by atoms with Crippen molar-refractivity contribution < 1.29 is 9.53 Å². The molecule has 162 valence electrons. The number of methoxy groups -OCH3 is 1. The van der Waals surface area contributed by atoms with Crippen LogP contribution in [0.1, 0.15) is 41.4 Å². The highest BCUT2D eigenvalue weighted by Gasteiger charge is 2.14. The third-order valence-corrected chi connectivity index (χ3v) is 5.51. The van der Waals surface area contributed by atoms with Gasteiger partial charge in [-0.15, -0.1) is 0 Å². The lowest BCUT2D eigenvalue weighted by molar-refractivity contribution is -0.133. The van der Waals surface area contributed by atoms with Crippen molar-refractivity contribution in [3.63, 3.8) is 0 Å². The van der Waals surface area contributed by atoms with Gasteiger partial charge >= 0.3 is 5.97 Å². The lowest BCUT2D eigenvalue weighted by Crippen LogP contribution is -2.06. The summed E-state index contributed by atoms with van der Waals surface area (Å²) in [5.41, 5.74) is 6.50. The van der Waals surface area contributed by atoms with Gasteiger partial charge in [0.2, 0.25) is 0 Å². The molecule has 0 saturated carbocycles. The first kappa shape index (κ1) is 21.5. The van der Waals surface area contributed by atoms with Crippen LogP contribution < -0.4 is 0 Å². The first-order chi connectivity index (χ1) is 15.6. The van der Waals surface area contributed by atoms with Crippen LogP contribution in [0, 0.1) is 6.92 Å². The molecule has 0 radical (unpaired) electrons. The molecule has 0 unspecified atom stereocenters. The Kier molecular flexibility index (Phi) is 6.45. The topological polar surface area (TPSA) is 57.0 Å². The van der Waals surface area contributed by atoms with Crippen molar-refractivity contribution in [2.45, 2.75) is 33.2 Å². The monoisotopic (exact) mass is 425 g/mol. The van der Waals surface area contributed by atoms with Crippen LogP contribution in [0.2, 0.25) is 0 Å². The van der Waals surface area contributed by atoms with E-state index in [0.29, 0.717) is 12.1 Å². The van der Waals surface area contributed by atoms with Gasteiger partial charge in [0.1, 0.15) is 11.3 Å². The van der Waals surface area contributed by atoms with Gasteiger partial charge in [-0.1, -0.05) is 61.5 Å². The number of hydrogen-bond acceptors (Lipinski definition) is 4. The molecule has 0 spiro atoms. The van der Waals surface area contributed by atoms with E-state index in [1.165, 1.54) is 7.11 Å². The zero-order valence-corrected chi connectivity index (χ0v) is 18.7. The standard InChI is InChI=1S/C27H27N3O2/c1-4-8-24-29-25-19(2)15-16-28-26(25)30(24)18-21-13-11-20(12-14-21)17-23(27(31)32-3)22-9-6-5-7-10-22/h5-7,9-17H,4,8,18H2,1-3H3. The fraction of sp³-hybridized carbons (Fsp3) is 0.222. The van der Waals surface area contributed by atoms with Gasteiger partial charge in [-0.3, -0.25) is 0 Å². The molecule has 2 heterocycles. The van der Waals surface area contributed by atoms with Crippen LogP contribution in [0.4, 0.5) is 0 Å². The number of carbonyl (C=O) groups is 1. The number of nitrogens with zero attached hydrogens (tertiary/aromatic N) is 3. The zero-order chi connectivity index (χ0) is 22.5. The second kappa shape index (κ2) is 9.60. The number of aryl methyl sites for hydroxylation is 2. The molecule has 0 N–H and O–H groups in total. The van der Waals surface area contributed by atoms with Gasteiger partial charge in [-0.2, -0.15) is 0 Å². The van der Waals surface area contributed by atoms with Crippen molar-refractivity contribution in [2.24, 2.45) is 0 Å². The Balaban J connectivity index is 1.65. The maximum Gasteiger partial charge on any atom is 0.338 e. The molecule has 5 heteroatoms. The fourth-order valence-electron chi connectivity index (χ4n) is 3.82. The summed E-state index contributed by atoms with van der Waals surface area (Å²) in [7, 11) is 1.40. The highest BCUT2D eigenvalue weighted by atomic mass is 16.5. The Morgan fingerprint density at radius 1 is 1.06 bits per heavy atom. The predicted octanol–water partition coefficient (Wildman–Crippen LogP) is 5.45. The van der Waals surface area contributed by atoms with Gasteiger partial charge in [-0.25, -0.2) is 14.8 Å². The largest absolute Gasteiger partial charge is 0.465 e. The lowest BCUT2D eigenvalue weighted by Gasteiger charge is -2.09. The summed E-state index contributed by atoms with van der Waals surface area (Å²) in [5.74, 6) is 0.709. The molecule has 0 aliphatic rings. The quantitative estimate of drug-likeness (QED) is 0.224. The lowest BCUT2D eigenvalue weighted by atomic mass is 10.0. The van der Waals surface area contributed by atoms with E-state index in [4.69, 9.17) is 9.72 Å². The number of rotatable bonds is 7. The van der Waals surface area contributed by atoms with E-state index >= 15 is 0 Å². The molecule has 0 bridgehead atoms. The maximum atomic E-state index is 12.3. The minimum absolute atomic E-state index is 0.351. The minimum atomic E-state index is -0.351. The SMILES string of the molecule is CCCc1nc2c(C)ccnc2n1Cc1ccc(C=C(C(=O)OC)c2ccccc2)cc1. The van der Waals surface area contributed by atoms with E-state index in [9.17, 15) is 4.79 Å². The highest BCUT2D eigenvalue weighted by Crippen LogP contribution is 2.22. The van der Waals surface area contributed by atoms with E-state index in [0.717, 1.165) is 52.1 Å². The van der Waals surface area contributed by atoms with Gasteiger partial charge in [-0.05, 0) is 47.7 Å². The Morgan fingerprint density at radius 2 is 1.81 bits per heavy atom. The van der Waals surface area contributed by atoms with E-state index in [1.54, 1.807) is 0 Å². The van der Waals surface area contributed by atoms with Gasteiger partial charge < -0.3 is 9.30 Å². The second-order valence-corrected chi connectivity index (χ2v) is 7.82. The summed E-state index contributed by atoms with van der Waals surface area (Å²) in [6.45, 7) is 4.94. The van der Waals surface area contributed by atoms with E-state index in [-0.39, 0.29) is 5.97 Å². The van der Waals surface area contributed by atoms with Gasteiger partial charge in [0.15, 0.2) is 5.65 Å². The van der Waals surface area contributed by atoms with E-state index < -0.39 is 0 Å². The molecule has 0 aliphatic heterocycles. The molecule has 2 aromatic heterocycles. The van der Waals surface area contributed by atoms with Crippen molar-refractivity contribution >= 4 is 28.8 Å². The van der Waals surface area contributed by atoms with Crippen molar-refractivity contribution in [3.8, 4) is 0 Å². The van der Waals surface area contributed by atoms with Crippen molar-refractivity contribution in [3.05, 3.63) is 94.9 Å². The number of imidazole rings is 1. The summed E-state index contributed by atoms with van der Waals surface area (Å²) < 4.78 is 7.20. The van der Waals surface area contributed by atoms with Gasteiger partial charge in [0.05, 0.1) is 19.2 Å². The van der Waals surface area contributed by atoms with Crippen molar-refractivity contribution in [1.29, 1.82) is 0 Å². The summed E-state index contributed by atoms with van der Waals surface area (Å²) in [6, 6.07) is 19.8. The van der Waals surface area contributed by atoms with Crippen LogP contribution in [0.15, 0.2) is 66.9 Å². The second-order valence-electron chi connectivity index (χ2n) is 7.82. The molecule has 0 amide bonds. The molecule has 0 atom stereocenters. The molecule has 2 aromatic carbocycles. The van der Waals surface area contributed by atoms with E-state index in [1.807, 2.05) is 60.8 Å². The van der Waals surface area contributed by atoms with Crippen molar-refractivity contribution in [2.75, 3.05) is 7.11 Å². The predicted molar refractivity (Wildman–Crippen MR) is 128 cm³/mol. The minimum Gasteiger partial charge on any atom is -0.465 e. The summed E-state index contributed by atoms with van der Waals surface area (Å²) in [4.78, 5) is 21.8. The summed E-state index contributed by atoms with van der Waals surface area (Å²) >= 11 is 0. The van der Waals surface area contributed by atoms with Crippen LogP contribution in [0.3, 0.4) is 0 Å². The van der Waals surface area contributed by atoms with Gasteiger partial charge in [0, 0.05) is 12.6 Å². The number of esters is 1. The third-order valence-electron chi connectivity index (χ3n) is 5.51. The first-order valence-corrected chi connectivity index (χ1v) is 10.9. The summed E-state index contributed by atoms with van der Waals surface area (Å²) in [5, 5.41) is 0. The Labute approximate surface area is 188 Å². The van der Waals surface area contributed by atoms with E-state index in [2.05, 4.69) is 35.5 Å². The molecular weight excluding hydrogens is 398 g/mol. The number of ether oxygens (including phenoxy) is 1. The number of aromatic nitrogens is 3. The van der Waals surface area contributed by atoms with Crippen LogP contribution in [0.5, 0.6) is 0 Å². The maximum absolute atomic E-state index is 12.3. The number of pyridine rings is 1. The number of hydrogen-bond donors (Lipinski definition) is 0. The third kappa shape index (κ3) is 4.47. The average molecular weight is 426 g/mol. The van der Waals surface area contributed by atoms with Crippen LogP contribution >= 0.6 is 0 Å². The molecule has 0 saturated heterocycles. The Morgan fingerprint density at radius 3 is 2.50 bits per heavy atom. The molecule has 4 aromatic rings. The smallest absolute Gasteiger partial charge is 0.338 e. The molecule has 32 heavy (non-hydrogen) atoms. The van der Waals surface area contributed by atoms with Crippen molar-refractivity contribution in [1.82, 2.24) is 14.5 Å². The molecule has 5 nitrogen and oxygen atoms in total. The Hall–Kier alpha value is -3.73. The van der Waals surface area contributed by atoms with Crippen LogP contribution in [-0.2, 0) is 22.5 Å².